The van der Waals surface area contributed by atoms with E-state index >= 15 is 0 Å². The molecule has 0 aliphatic heterocycles. The Morgan fingerprint density at radius 3 is 2.43 bits per heavy atom. The van der Waals surface area contributed by atoms with Crippen molar-refractivity contribution >= 4 is 40.8 Å². The zero-order valence-electron chi connectivity index (χ0n) is 3.52. The molecule has 0 fully saturated rings. The summed E-state index contributed by atoms with van der Waals surface area (Å²) in [5.41, 5.74) is 0. The van der Waals surface area contributed by atoms with E-state index in [2.05, 4.69) is 15.9 Å². The lowest BCUT2D eigenvalue weighted by molar-refractivity contribution is 1.90. The Morgan fingerprint density at radius 2 is 2.29 bits per heavy atom. The van der Waals surface area contributed by atoms with Gasteiger partial charge in [0.25, 0.3) is 0 Å². The van der Waals surface area contributed by atoms with Crippen molar-refractivity contribution in [2.45, 2.75) is 0 Å². The number of hydrogen-bond acceptors (Lipinski definition) is 1. The van der Waals surface area contributed by atoms with Crippen molar-refractivity contribution in [2.75, 3.05) is 0 Å². The summed E-state index contributed by atoms with van der Waals surface area (Å²) in [7, 11) is 0. The normalized spacial score (nSPS) is 7.57. The summed E-state index contributed by atoms with van der Waals surface area (Å²) in [6.07, 6.45) is 0. The fraction of sp³-hybridized carbons (Fsp3) is 0. The Morgan fingerprint density at radius 1 is 1.57 bits per heavy atom. The molecule has 0 unspecified atom stereocenters. The summed E-state index contributed by atoms with van der Waals surface area (Å²) < 4.78 is 1.17. The minimum absolute atomic E-state index is 0. The van der Waals surface area contributed by atoms with Crippen molar-refractivity contribution < 1.29 is 0 Å². The first-order chi connectivity index (χ1) is 2.89. The second kappa shape index (κ2) is 3.52. The molecule has 7 heavy (non-hydrogen) atoms. The SMILES string of the molecule is Brc1ccsc1.S. The van der Waals surface area contributed by atoms with Gasteiger partial charge in [0.1, 0.15) is 0 Å². The van der Waals surface area contributed by atoms with Crippen LogP contribution in [0.4, 0.5) is 0 Å². The van der Waals surface area contributed by atoms with Gasteiger partial charge in [-0.05, 0) is 27.4 Å². The minimum Gasteiger partial charge on any atom is -0.197 e. The number of thiophene rings is 1. The molecule has 1 aromatic heterocycles. The fourth-order valence-electron chi connectivity index (χ4n) is 0.248. The van der Waals surface area contributed by atoms with Crippen LogP contribution >= 0.6 is 40.8 Å². The third-order valence-corrected chi connectivity index (χ3v) is 1.97. The molecule has 0 atom stereocenters. The van der Waals surface area contributed by atoms with E-state index in [4.69, 9.17) is 0 Å². The first kappa shape index (κ1) is 7.53. The highest BCUT2D eigenvalue weighted by Gasteiger charge is 1.77. The van der Waals surface area contributed by atoms with E-state index < -0.39 is 0 Å². The molecule has 3 heteroatoms. The van der Waals surface area contributed by atoms with E-state index in [-0.39, 0.29) is 13.5 Å². The molecule has 0 saturated carbocycles. The lowest BCUT2D eigenvalue weighted by atomic mass is 10.7. The van der Waals surface area contributed by atoms with Crippen LogP contribution in [0.1, 0.15) is 0 Å². The lowest BCUT2D eigenvalue weighted by Gasteiger charge is -1.62. The predicted octanol–water partition coefficient (Wildman–Crippen LogP) is 2.62. The standard InChI is InChI=1S/C4H3BrS.H2S/c5-4-1-2-6-3-4;/h1-3H;1H2. The minimum atomic E-state index is 0. The van der Waals surface area contributed by atoms with E-state index in [0.29, 0.717) is 0 Å². The highest BCUT2D eigenvalue weighted by molar-refractivity contribution is 9.10. The Hall–Kier alpha value is 0.530. The van der Waals surface area contributed by atoms with Crippen LogP contribution < -0.4 is 0 Å². The summed E-state index contributed by atoms with van der Waals surface area (Å²) in [5, 5.41) is 4.07. The largest absolute Gasteiger partial charge is 0.197 e. The van der Waals surface area contributed by atoms with Crippen LogP contribution in [0.15, 0.2) is 21.3 Å². The lowest BCUT2D eigenvalue weighted by Crippen LogP contribution is -1.34. The Balaban J connectivity index is 0.000000360. The van der Waals surface area contributed by atoms with E-state index in [1.807, 2.05) is 16.8 Å². The topological polar surface area (TPSA) is 0 Å². The number of rotatable bonds is 0. The molecular weight excluding hydrogens is 192 g/mol. The molecule has 1 rings (SSSR count). The Labute approximate surface area is 62.1 Å². The summed E-state index contributed by atoms with van der Waals surface area (Å²) in [4.78, 5) is 0. The van der Waals surface area contributed by atoms with Gasteiger partial charge >= 0.3 is 0 Å². The van der Waals surface area contributed by atoms with E-state index in [1.54, 1.807) is 11.3 Å². The van der Waals surface area contributed by atoms with Crippen molar-refractivity contribution in [3.63, 3.8) is 0 Å². The molecule has 0 spiro atoms. The van der Waals surface area contributed by atoms with Crippen LogP contribution in [0.25, 0.3) is 0 Å². The zero-order valence-corrected chi connectivity index (χ0v) is 6.92. The molecule has 0 saturated heterocycles. The molecule has 1 heterocycles. The smallest absolute Gasteiger partial charge is 0.0282 e. The van der Waals surface area contributed by atoms with Gasteiger partial charge in [0.05, 0.1) is 0 Å². The molecule has 1 aromatic rings. The van der Waals surface area contributed by atoms with E-state index in [0.717, 1.165) is 0 Å². The molecule has 0 aliphatic carbocycles. The molecule has 0 nitrogen and oxygen atoms in total. The number of hydrogen-bond donors (Lipinski definition) is 0. The first-order valence-corrected chi connectivity index (χ1v) is 3.31. The zero-order chi connectivity index (χ0) is 4.41. The van der Waals surface area contributed by atoms with Crippen LogP contribution in [-0.2, 0) is 0 Å². The quantitative estimate of drug-likeness (QED) is 0.599. The second-order valence-corrected chi connectivity index (χ2v) is 2.64. The highest BCUT2D eigenvalue weighted by atomic mass is 79.9. The second-order valence-electron chi connectivity index (χ2n) is 0.942. The van der Waals surface area contributed by atoms with Gasteiger partial charge in [-0.15, -0.1) is 0 Å². The van der Waals surface area contributed by atoms with Crippen LogP contribution in [-0.4, -0.2) is 0 Å². The van der Waals surface area contributed by atoms with Gasteiger partial charge in [-0.25, -0.2) is 0 Å². The maximum atomic E-state index is 3.29. The van der Waals surface area contributed by atoms with Crippen molar-refractivity contribution in [1.82, 2.24) is 0 Å². The summed E-state index contributed by atoms with van der Waals surface area (Å²) >= 11 is 4.98. The monoisotopic (exact) mass is 196 g/mol. The van der Waals surface area contributed by atoms with Gasteiger partial charge in [0.15, 0.2) is 0 Å². The summed E-state index contributed by atoms with van der Waals surface area (Å²) in [6.45, 7) is 0. The van der Waals surface area contributed by atoms with Gasteiger partial charge in [0.2, 0.25) is 0 Å². The van der Waals surface area contributed by atoms with Gasteiger partial charge in [-0.2, -0.15) is 24.8 Å². The fourth-order valence-corrected chi connectivity index (χ4v) is 1.39. The van der Waals surface area contributed by atoms with E-state index in [9.17, 15) is 0 Å². The van der Waals surface area contributed by atoms with Crippen LogP contribution in [0, 0.1) is 0 Å². The van der Waals surface area contributed by atoms with Crippen molar-refractivity contribution in [3.05, 3.63) is 21.3 Å². The Bertz CT molecular complexity index is 113. The molecule has 0 radical (unpaired) electrons. The van der Waals surface area contributed by atoms with Crippen molar-refractivity contribution in [1.29, 1.82) is 0 Å². The molecule has 0 N–H and O–H groups in total. The van der Waals surface area contributed by atoms with Gasteiger partial charge < -0.3 is 0 Å². The molecule has 0 aromatic carbocycles. The average Bonchev–Trinajstić information content (AvgIpc) is 1.86. The molecule has 0 amide bonds. The highest BCUT2D eigenvalue weighted by Crippen LogP contribution is 2.11. The molecule has 0 bridgehead atoms. The summed E-state index contributed by atoms with van der Waals surface area (Å²) in [5.74, 6) is 0. The third kappa shape index (κ3) is 2.36. The number of halogens is 1. The van der Waals surface area contributed by atoms with E-state index in [1.165, 1.54) is 4.47 Å². The van der Waals surface area contributed by atoms with Gasteiger partial charge in [-0.1, -0.05) is 0 Å². The summed E-state index contributed by atoms with van der Waals surface area (Å²) in [6, 6.07) is 2.02. The first-order valence-electron chi connectivity index (χ1n) is 1.57. The predicted molar refractivity (Wildman–Crippen MR) is 42.4 cm³/mol. The molecule has 40 valence electrons. The maximum absolute atomic E-state index is 3.29. The Kier molecular flexibility index (Phi) is 3.79. The van der Waals surface area contributed by atoms with Crippen LogP contribution in [0.5, 0.6) is 0 Å². The molecule has 0 aliphatic rings. The van der Waals surface area contributed by atoms with Crippen molar-refractivity contribution in [3.8, 4) is 0 Å². The van der Waals surface area contributed by atoms with Gasteiger partial charge in [-0.3, -0.25) is 0 Å². The average molecular weight is 197 g/mol. The third-order valence-electron chi connectivity index (χ3n) is 0.486. The van der Waals surface area contributed by atoms with Crippen LogP contribution in [0.3, 0.4) is 0 Å². The maximum Gasteiger partial charge on any atom is 0.0282 e. The van der Waals surface area contributed by atoms with Crippen molar-refractivity contribution in [2.24, 2.45) is 0 Å². The van der Waals surface area contributed by atoms with Gasteiger partial charge in [0, 0.05) is 9.85 Å². The van der Waals surface area contributed by atoms with Crippen LogP contribution in [0.2, 0.25) is 0 Å². The molecular formula is C4H5BrS2.